The van der Waals surface area contributed by atoms with E-state index in [2.05, 4.69) is 42.3 Å². The van der Waals surface area contributed by atoms with E-state index in [9.17, 15) is 0 Å². The lowest BCUT2D eigenvalue weighted by atomic mass is 9.58. The smallest absolute Gasteiger partial charge is 0.119 e. The summed E-state index contributed by atoms with van der Waals surface area (Å²) in [6, 6.07) is 6.54. The summed E-state index contributed by atoms with van der Waals surface area (Å²) in [5.41, 5.74) is 3.07. The molecule has 3 nitrogen and oxygen atoms in total. The minimum atomic E-state index is 0.233. The van der Waals surface area contributed by atoms with Gasteiger partial charge in [-0.2, -0.15) is 0 Å². The second-order valence-electron chi connectivity index (χ2n) is 7.10. The predicted molar refractivity (Wildman–Crippen MR) is 94.9 cm³/mol. The van der Waals surface area contributed by atoms with E-state index in [0.29, 0.717) is 5.92 Å². The van der Waals surface area contributed by atoms with E-state index < -0.39 is 0 Å². The van der Waals surface area contributed by atoms with Crippen LogP contribution in [0, 0.1) is 5.92 Å². The molecule has 1 N–H and O–H groups in total. The highest BCUT2D eigenvalue weighted by molar-refractivity contribution is 5.62. The molecular weight excluding hydrogens is 286 g/mol. The van der Waals surface area contributed by atoms with Gasteiger partial charge in [0.05, 0.1) is 13.7 Å². The molecule has 1 fully saturated rings. The minimum absolute atomic E-state index is 0.233. The van der Waals surface area contributed by atoms with E-state index >= 15 is 0 Å². The standard InChI is InChI=1S/C20H29NO2/c1-21(13-14-22)12-11-20-10-4-3-5-17(20)8-6-16-7-9-18(23-2)15-19(16)20/h6-9,15,17,22H,3-5,10-14H2,1-2H3/t17-,20+/m1/s1. The Hall–Kier alpha value is -1.32. The van der Waals surface area contributed by atoms with E-state index in [4.69, 9.17) is 9.84 Å². The van der Waals surface area contributed by atoms with Crippen LogP contribution in [0.4, 0.5) is 0 Å². The lowest BCUT2D eigenvalue weighted by Crippen LogP contribution is -2.42. The first kappa shape index (κ1) is 16.5. The van der Waals surface area contributed by atoms with Gasteiger partial charge in [-0.1, -0.05) is 31.1 Å². The van der Waals surface area contributed by atoms with E-state index in [1.165, 1.54) is 36.8 Å². The lowest BCUT2D eigenvalue weighted by Gasteiger charge is -2.47. The van der Waals surface area contributed by atoms with Crippen molar-refractivity contribution in [2.45, 2.75) is 37.5 Å². The summed E-state index contributed by atoms with van der Waals surface area (Å²) < 4.78 is 5.50. The third-order valence-corrected chi connectivity index (χ3v) is 5.82. The van der Waals surface area contributed by atoms with Crippen molar-refractivity contribution >= 4 is 6.08 Å². The number of aliphatic hydroxyl groups is 1. The van der Waals surface area contributed by atoms with Crippen molar-refractivity contribution < 1.29 is 9.84 Å². The van der Waals surface area contributed by atoms with E-state index in [1.54, 1.807) is 7.11 Å². The van der Waals surface area contributed by atoms with Crippen molar-refractivity contribution in [3.05, 3.63) is 35.4 Å². The van der Waals surface area contributed by atoms with Crippen LogP contribution in [-0.2, 0) is 5.41 Å². The lowest BCUT2D eigenvalue weighted by molar-refractivity contribution is 0.164. The van der Waals surface area contributed by atoms with Gasteiger partial charge in [0, 0.05) is 12.0 Å². The number of fused-ring (bicyclic) bond motifs is 3. The maximum Gasteiger partial charge on any atom is 0.119 e. The summed E-state index contributed by atoms with van der Waals surface area (Å²) in [4.78, 5) is 2.25. The number of benzene rings is 1. The molecule has 2 atom stereocenters. The van der Waals surface area contributed by atoms with Gasteiger partial charge in [-0.15, -0.1) is 0 Å². The molecule has 1 aromatic carbocycles. The number of aliphatic hydroxyl groups excluding tert-OH is 1. The average Bonchev–Trinajstić information content (AvgIpc) is 2.59. The molecule has 2 aliphatic rings. The molecule has 0 bridgehead atoms. The van der Waals surface area contributed by atoms with Gasteiger partial charge in [-0.25, -0.2) is 0 Å². The van der Waals surface area contributed by atoms with Gasteiger partial charge in [-0.05, 0) is 62.0 Å². The van der Waals surface area contributed by atoms with Crippen molar-refractivity contribution in [2.24, 2.45) is 5.92 Å². The molecule has 0 unspecified atom stereocenters. The number of hydrogen-bond acceptors (Lipinski definition) is 3. The molecule has 0 amide bonds. The zero-order chi connectivity index (χ0) is 16.3. The van der Waals surface area contributed by atoms with Gasteiger partial charge in [0.25, 0.3) is 0 Å². The zero-order valence-electron chi connectivity index (χ0n) is 14.4. The molecule has 0 heterocycles. The SMILES string of the molecule is COc1ccc2c(c1)[C@]1(CCN(C)CCO)CCCC[C@@H]1C=C2. The summed E-state index contributed by atoms with van der Waals surface area (Å²) in [7, 11) is 3.86. The molecule has 0 spiro atoms. The summed E-state index contributed by atoms with van der Waals surface area (Å²) in [6.07, 6.45) is 11.1. The summed E-state index contributed by atoms with van der Waals surface area (Å²) >= 11 is 0. The van der Waals surface area contributed by atoms with E-state index in [-0.39, 0.29) is 12.0 Å². The van der Waals surface area contributed by atoms with E-state index in [1.807, 2.05) is 0 Å². The van der Waals surface area contributed by atoms with Crippen LogP contribution in [0.3, 0.4) is 0 Å². The second kappa shape index (κ2) is 7.06. The first-order valence-corrected chi connectivity index (χ1v) is 8.86. The van der Waals surface area contributed by atoms with Crippen molar-refractivity contribution in [1.82, 2.24) is 4.90 Å². The van der Waals surface area contributed by atoms with Crippen LogP contribution in [0.5, 0.6) is 5.75 Å². The highest BCUT2D eigenvalue weighted by Gasteiger charge is 2.43. The third-order valence-electron chi connectivity index (χ3n) is 5.82. The molecule has 1 saturated carbocycles. The fourth-order valence-corrected chi connectivity index (χ4v) is 4.46. The molecule has 3 rings (SSSR count). The fraction of sp³-hybridized carbons (Fsp3) is 0.600. The molecule has 0 aliphatic heterocycles. The molecule has 23 heavy (non-hydrogen) atoms. The van der Waals surface area contributed by atoms with Gasteiger partial charge in [0.1, 0.15) is 5.75 Å². The van der Waals surface area contributed by atoms with Gasteiger partial charge in [0.2, 0.25) is 0 Å². The van der Waals surface area contributed by atoms with E-state index in [0.717, 1.165) is 25.3 Å². The summed E-state index contributed by atoms with van der Waals surface area (Å²) in [5, 5.41) is 9.16. The highest BCUT2D eigenvalue weighted by atomic mass is 16.5. The fourth-order valence-electron chi connectivity index (χ4n) is 4.46. The second-order valence-corrected chi connectivity index (χ2v) is 7.10. The first-order chi connectivity index (χ1) is 11.2. The van der Waals surface area contributed by atoms with Crippen molar-refractivity contribution in [2.75, 3.05) is 33.9 Å². The Balaban J connectivity index is 1.94. The number of nitrogens with zero attached hydrogens (tertiary/aromatic N) is 1. The summed E-state index contributed by atoms with van der Waals surface area (Å²) in [6.45, 7) is 2.01. The predicted octanol–water partition coefficient (Wildman–Crippen LogP) is 3.46. The van der Waals surface area contributed by atoms with Crippen LogP contribution in [0.2, 0.25) is 0 Å². The van der Waals surface area contributed by atoms with Gasteiger partial charge in [0.15, 0.2) is 0 Å². The Morgan fingerprint density at radius 1 is 1.30 bits per heavy atom. The number of likely N-dealkylation sites (N-methyl/N-ethyl adjacent to an activating group) is 1. The van der Waals surface area contributed by atoms with Gasteiger partial charge in [-0.3, -0.25) is 0 Å². The zero-order valence-corrected chi connectivity index (χ0v) is 14.4. The number of allylic oxidation sites excluding steroid dienone is 1. The van der Waals surface area contributed by atoms with Gasteiger partial charge >= 0.3 is 0 Å². The van der Waals surface area contributed by atoms with Crippen LogP contribution in [0.15, 0.2) is 24.3 Å². The van der Waals surface area contributed by atoms with Crippen molar-refractivity contribution in [3.8, 4) is 5.75 Å². The average molecular weight is 315 g/mol. The number of rotatable bonds is 6. The maximum atomic E-state index is 9.16. The monoisotopic (exact) mass is 315 g/mol. The molecule has 3 heteroatoms. The quantitative estimate of drug-likeness (QED) is 0.872. The Morgan fingerprint density at radius 3 is 2.96 bits per heavy atom. The van der Waals surface area contributed by atoms with Gasteiger partial charge < -0.3 is 14.7 Å². The normalized spacial score (nSPS) is 26.0. The molecular formula is C20H29NO2. The maximum absolute atomic E-state index is 9.16. The number of ether oxygens (including phenoxy) is 1. The Kier molecular flexibility index (Phi) is 5.08. The molecule has 126 valence electrons. The Bertz CT molecular complexity index is 569. The molecule has 0 radical (unpaired) electrons. The Morgan fingerprint density at radius 2 is 2.17 bits per heavy atom. The topological polar surface area (TPSA) is 32.7 Å². The van der Waals surface area contributed by atoms with Crippen LogP contribution in [0.25, 0.3) is 6.08 Å². The van der Waals surface area contributed by atoms with Crippen LogP contribution in [0.1, 0.15) is 43.2 Å². The van der Waals surface area contributed by atoms with Crippen LogP contribution in [-0.4, -0.2) is 43.9 Å². The van der Waals surface area contributed by atoms with Crippen LogP contribution < -0.4 is 4.74 Å². The van der Waals surface area contributed by atoms with Crippen LogP contribution >= 0.6 is 0 Å². The summed E-state index contributed by atoms with van der Waals surface area (Å²) in [5.74, 6) is 1.60. The van der Waals surface area contributed by atoms with Crippen molar-refractivity contribution in [1.29, 1.82) is 0 Å². The first-order valence-electron chi connectivity index (χ1n) is 8.86. The molecule has 1 aromatic rings. The van der Waals surface area contributed by atoms with Crippen molar-refractivity contribution in [3.63, 3.8) is 0 Å². The molecule has 0 saturated heterocycles. The minimum Gasteiger partial charge on any atom is -0.497 e. The third kappa shape index (κ3) is 3.17. The number of methoxy groups -OCH3 is 1. The molecule has 0 aromatic heterocycles. The number of hydrogen-bond donors (Lipinski definition) is 1. The highest BCUT2D eigenvalue weighted by Crippen LogP contribution is 2.51. The molecule has 2 aliphatic carbocycles. The Labute approximate surface area is 140 Å². The largest absolute Gasteiger partial charge is 0.497 e.